The summed E-state index contributed by atoms with van der Waals surface area (Å²) in [6.45, 7) is 8.63. The summed E-state index contributed by atoms with van der Waals surface area (Å²) < 4.78 is 5.51. The van der Waals surface area contributed by atoms with E-state index < -0.39 is 5.60 Å². The van der Waals surface area contributed by atoms with Crippen LogP contribution in [0.3, 0.4) is 0 Å². The molecule has 0 aliphatic carbocycles. The number of fused-ring (bicyclic) bond motifs is 1. The number of nitrogens with zero attached hydrogens (tertiary/aromatic N) is 2. The lowest BCUT2D eigenvalue weighted by Gasteiger charge is -2.37. The second kappa shape index (κ2) is 6.49. The van der Waals surface area contributed by atoms with Crippen molar-refractivity contribution in [1.82, 2.24) is 9.96 Å². The second-order valence-corrected chi connectivity index (χ2v) is 7.40. The third-order valence-electron chi connectivity index (χ3n) is 4.38. The van der Waals surface area contributed by atoms with E-state index in [1.807, 2.05) is 48.9 Å². The summed E-state index contributed by atoms with van der Waals surface area (Å²) in [4.78, 5) is 20.0. The molecule has 0 unspecified atom stereocenters. The van der Waals surface area contributed by atoms with E-state index in [1.54, 1.807) is 0 Å². The van der Waals surface area contributed by atoms with Gasteiger partial charge in [-0.1, -0.05) is 30.3 Å². The Balaban J connectivity index is 1.63. The maximum absolute atomic E-state index is 12.3. The van der Waals surface area contributed by atoms with Gasteiger partial charge in [-0.2, -0.15) is 5.06 Å². The van der Waals surface area contributed by atoms with Gasteiger partial charge in [-0.3, -0.25) is 4.84 Å². The Morgan fingerprint density at radius 2 is 2.04 bits per heavy atom. The zero-order chi connectivity index (χ0) is 16.4. The van der Waals surface area contributed by atoms with Crippen molar-refractivity contribution in [2.75, 3.05) is 19.7 Å². The number of likely N-dealkylation sites (tertiary alicyclic amines) is 1. The zero-order valence-electron chi connectivity index (χ0n) is 14.2. The molecule has 1 amide bonds. The minimum absolute atomic E-state index is 0.220. The maximum atomic E-state index is 12.3. The highest BCUT2D eigenvalue weighted by atomic mass is 16.7. The first kappa shape index (κ1) is 16.3. The van der Waals surface area contributed by atoms with Crippen LogP contribution in [-0.4, -0.2) is 47.4 Å². The van der Waals surface area contributed by atoms with E-state index in [2.05, 4.69) is 12.1 Å². The summed E-state index contributed by atoms with van der Waals surface area (Å²) in [5, 5.41) is 2.04. The molecule has 126 valence electrons. The number of hydroxylamine groups is 2. The van der Waals surface area contributed by atoms with Crippen LogP contribution in [0, 0.1) is 5.92 Å². The molecule has 2 aliphatic heterocycles. The number of ether oxygens (including phenoxy) is 1. The van der Waals surface area contributed by atoms with E-state index >= 15 is 0 Å². The van der Waals surface area contributed by atoms with Crippen molar-refractivity contribution < 1.29 is 14.4 Å². The van der Waals surface area contributed by atoms with Crippen molar-refractivity contribution in [2.24, 2.45) is 5.92 Å². The van der Waals surface area contributed by atoms with Gasteiger partial charge in [-0.25, -0.2) is 4.79 Å². The Morgan fingerprint density at radius 3 is 2.74 bits per heavy atom. The fourth-order valence-corrected chi connectivity index (χ4v) is 3.21. The average Bonchev–Trinajstić information content (AvgIpc) is 2.89. The topological polar surface area (TPSA) is 42.0 Å². The lowest BCUT2D eigenvalue weighted by Crippen LogP contribution is -2.51. The molecule has 2 fully saturated rings. The van der Waals surface area contributed by atoms with Gasteiger partial charge in [0.25, 0.3) is 0 Å². The molecule has 0 spiro atoms. The highest BCUT2D eigenvalue weighted by molar-refractivity contribution is 5.68. The van der Waals surface area contributed by atoms with Gasteiger partial charge in [0.1, 0.15) is 5.60 Å². The van der Waals surface area contributed by atoms with Crippen LogP contribution in [0.2, 0.25) is 0 Å². The van der Waals surface area contributed by atoms with Crippen molar-refractivity contribution in [3.63, 3.8) is 0 Å². The van der Waals surface area contributed by atoms with Crippen LogP contribution in [0.1, 0.15) is 32.8 Å². The van der Waals surface area contributed by atoms with Crippen LogP contribution in [0.5, 0.6) is 0 Å². The fourth-order valence-electron chi connectivity index (χ4n) is 3.21. The van der Waals surface area contributed by atoms with E-state index in [0.717, 1.165) is 26.1 Å². The van der Waals surface area contributed by atoms with Crippen LogP contribution in [-0.2, 0) is 16.1 Å². The Kier molecular flexibility index (Phi) is 4.60. The summed E-state index contributed by atoms with van der Waals surface area (Å²) >= 11 is 0. The molecule has 1 aromatic carbocycles. The summed E-state index contributed by atoms with van der Waals surface area (Å²) in [7, 11) is 0. The van der Waals surface area contributed by atoms with Crippen LogP contribution in [0.25, 0.3) is 0 Å². The number of benzene rings is 1. The van der Waals surface area contributed by atoms with Crippen LogP contribution in [0.15, 0.2) is 30.3 Å². The molecule has 0 bridgehead atoms. The van der Waals surface area contributed by atoms with Crippen LogP contribution in [0.4, 0.5) is 4.79 Å². The van der Waals surface area contributed by atoms with E-state index in [9.17, 15) is 4.79 Å². The smallest absolute Gasteiger partial charge is 0.410 e. The van der Waals surface area contributed by atoms with Gasteiger partial charge in [-0.15, -0.1) is 0 Å². The number of carbonyl (C=O) groups excluding carboxylic acids is 1. The predicted octanol–water partition coefficient (Wildman–Crippen LogP) is 3.06. The quantitative estimate of drug-likeness (QED) is 0.840. The van der Waals surface area contributed by atoms with Crippen LogP contribution < -0.4 is 0 Å². The monoisotopic (exact) mass is 318 g/mol. The molecule has 0 N–H and O–H groups in total. The first-order chi connectivity index (χ1) is 10.9. The molecule has 2 heterocycles. The van der Waals surface area contributed by atoms with Crippen molar-refractivity contribution in [1.29, 1.82) is 0 Å². The number of hydrogen-bond donors (Lipinski definition) is 0. The van der Waals surface area contributed by atoms with E-state index in [1.165, 1.54) is 5.56 Å². The van der Waals surface area contributed by atoms with Gasteiger partial charge in [0.05, 0.1) is 12.6 Å². The van der Waals surface area contributed by atoms with Gasteiger partial charge in [-0.05, 0) is 32.8 Å². The summed E-state index contributed by atoms with van der Waals surface area (Å²) in [6.07, 6.45) is 0.748. The van der Waals surface area contributed by atoms with Crippen molar-refractivity contribution >= 4 is 6.09 Å². The lowest BCUT2D eigenvalue weighted by atomic mass is 9.93. The number of hydrogen-bond acceptors (Lipinski definition) is 4. The number of carbonyl (C=O) groups is 1. The predicted molar refractivity (Wildman–Crippen MR) is 87.6 cm³/mol. The molecule has 2 atom stereocenters. The molecule has 0 saturated carbocycles. The standard InChI is InChI=1S/C18H26N2O3/c1-18(2,3)23-17(21)19-10-9-15-13-22-20(16(15)12-19)11-14-7-5-4-6-8-14/h4-8,15-16H,9-13H2,1-3H3/t15-,16-/m1/s1. The SMILES string of the molecule is CC(C)(C)OC(=O)N1CC[C@@H]2CON(Cc3ccccc3)[C@@H]2C1. The minimum Gasteiger partial charge on any atom is -0.444 e. The van der Waals surface area contributed by atoms with Gasteiger partial charge < -0.3 is 9.64 Å². The molecule has 3 rings (SSSR count). The second-order valence-electron chi connectivity index (χ2n) is 7.40. The minimum atomic E-state index is -0.455. The highest BCUT2D eigenvalue weighted by Crippen LogP contribution is 2.31. The summed E-state index contributed by atoms with van der Waals surface area (Å²) in [5.74, 6) is 0.498. The molecule has 0 radical (unpaired) electrons. The molecule has 1 aromatic rings. The van der Waals surface area contributed by atoms with Crippen LogP contribution >= 0.6 is 0 Å². The summed E-state index contributed by atoms with van der Waals surface area (Å²) in [5.41, 5.74) is 0.770. The van der Waals surface area contributed by atoms with Crippen molar-refractivity contribution in [3.05, 3.63) is 35.9 Å². The first-order valence-electron chi connectivity index (χ1n) is 8.34. The van der Waals surface area contributed by atoms with Gasteiger partial charge in [0, 0.05) is 25.6 Å². The third kappa shape index (κ3) is 4.03. The van der Waals surface area contributed by atoms with E-state index in [0.29, 0.717) is 12.5 Å². The van der Waals surface area contributed by atoms with Gasteiger partial charge >= 0.3 is 6.09 Å². The maximum Gasteiger partial charge on any atom is 0.410 e. The molecule has 2 saturated heterocycles. The van der Waals surface area contributed by atoms with Crippen molar-refractivity contribution in [3.8, 4) is 0 Å². The number of piperidine rings is 1. The molecule has 5 heteroatoms. The average molecular weight is 318 g/mol. The molecule has 2 aliphatic rings. The summed E-state index contributed by atoms with van der Waals surface area (Å²) in [6, 6.07) is 10.5. The number of rotatable bonds is 2. The van der Waals surface area contributed by atoms with E-state index in [4.69, 9.17) is 9.57 Å². The molecular formula is C18H26N2O3. The van der Waals surface area contributed by atoms with Crippen molar-refractivity contribution in [2.45, 2.75) is 45.4 Å². The van der Waals surface area contributed by atoms with Gasteiger partial charge in [0.15, 0.2) is 0 Å². The highest BCUT2D eigenvalue weighted by Gasteiger charge is 2.41. The molecule has 0 aromatic heterocycles. The number of amides is 1. The fraction of sp³-hybridized carbons (Fsp3) is 0.611. The lowest BCUT2D eigenvalue weighted by molar-refractivity contribution is -0.143. The first-order valence-corrected chi connectivity index (χ1v) is 8.34. The van der Waals surface area contributed by atoms with Gasteiger partial charge in [0.2, 0.25) is 0 Å². The zero-order valence-corrected chi connectivity index (χ0v) is 14.2. The Morgan fingerprint density at radius 1 is 1.30 bits per heavy atom. The molecular weight excluding hydrogens is 292 g/mol. The Bertz CT molecular complexity index is 541. The third-order valence-corrected chi connectivity index (χ3v) is 4.38. The normalized spacial score (nSPS) is 25.3. The molecule has 23 heavy (non-hydrogen) atoms. The molecule has 5 nitrogen and oxygen atoms in total. The Labute approximate surface area is 138 Å². The largest absolute Gasteiger partial charge is 0.444 e. The Hall–Kier alpha value is -1.59. The van der Waals surface area contributed by atoms with E-state index in [-0.39, 0.29) is 12.1 Å².